The second-order valence-corrected chi connectivity index (χ2v) is 6.44. The van der Waals surface area contributed by atoms with Crippen LogP contribution in [0.4, 0.5) is 5.82 Å². The Labute approximate surface area is 133 Å². The summed E-state index contributed by atoms with van der Waals surface area (Å²) in [5.41, 5.74) is 3.41. The first kappa shape index (κ1) is 13.0. The van der Waals surface area contributed by atoms with Crippen molar-refractivity contribution in [2.45, 2.75) is 44.6 Å². The fraction of sp³-hybridized carbons (Fsp3) is 0.500. The average Bonchev–Trinajstić information content (AvgIpc) is 3.31. The Morgan fingerprint density at radius 3 is 3.04 bits per heavy atom. The second-order valence-electron chi connectivity index (χ2n) is 6.44. The molecule has 3 aromatic heterocycles. The van der Waals surface area contributed by atoms with Crippen LogP contribution >= 0.6 is 0 Å². The molecule has 1 fully saturated rings. The smallest absolute Gasteiger partial charge is 0.160 e. The van der Waals surface area contributed by atoms with E-state index in [0.29, 0.717) is 0 Å². The lowest BCUT2D eigenvalue weighted by atomic mass is 10.0. The molecule has 2 aliphatic rings. The van der Waals surface area contributed by atoms with E-state index in [1.54, 1.807) is 6.33 Å². The fourth-order valence-corrected chi connectivity index (χ4v) is 3.92. The molecule has 1 aliphatic heterocycles. The molecule has 0 aromatic carbocycles. The number of rotatable bonds is 2. The summed E-state index contributed by atoms with van der Waals surface area (Å²) in [5, 5.41) is 8.02. The van der Waals surface area contributed by atoms with Crippen molar-refractivity contribution in [3.05, 3.63) is 29.7 Å². The fourth-order valence-electron chi connectivity index (χ4n) is 3.92. The molecule has 0 amide bonds. The van der Waals surface area contributed by atoms with Crippen LogP contribution in [0.3, 0.4) is 0 Å². The first-order chi connectivity index (χ1) is 11.4. The maximum absolute atomic E-state index is 4.91. The molecule has 0 radical (unpaired) electrons. The van der Waals surface area contributed by atoms with Gasteiger partial charge in [-0.05, 0) is 38.5 Å². The Morgan fingerprint density at radius 1 is 1.13 bits per heavy atom. The van der Waals surface area contributed by atoms with Gasteiger partial charge in [0.05, 0.1) is 23.3 Å². The summed E-state index contributed by atoms with van der Waals surface area (Å²) in [6, 6.07) is 0.272. The number of nitrogens with zero attached hydrogens (tertiary/aromatic N) is 5. The first-order valence-electron chi connectivity index (χ1n) is 8.38. The summed E-state index contributed by atoms with van der Waals surface area (Å²) in [6.07, 6.45) is 10.4. The van der Waals surface area contributed by atoms with E-state index in [1.165, 1.54) is 24.2 Å². The molecule has 3 aromatic rings. The number of aryl methyl sites for hydroxylation is 2. The highest BCUT2D eigenvalue weighted by molar-refractivity contribution is 5.86. The third-order valence-corrected chi connectivity index (χ3v) is 5.04. The molecule has 0 spiro atoms. The van der Waals surface area contributed by atoms with Crippen LogP contribution in [-0.2, 0) is 12.8 Å². The van der Waals surface area contributed by atoms with Crippen molar-refractivity contribution in [1.29, 1.82) is 0 Å². The first-order valence-corrected chi connectivity index (χ1v) is 8.38. The molecule has 7 heteroatoms. The number of hydrogen-bond acceptors (Lipinski definition) is 5. The van der Waals surface area contributed by atoms with Gasteiger partial charge >= 0.3 is 0 Å². The van der Waals surface area contributed by atoms with E-state index in [-0.39, 0.29) is 6.04 Å². The number of anilines is 1. The Hall–Kier alpha value is -2.44. The zero-order valence-electron chi connectivity index (χ0n) is 12.9. The van der Waals surface area contributed by atoms with Crippen molar-refractivity contribution < 1.29 is 0 Å². The van der Waals surface area contributed by atoms with Gasteiger partial charge in [-0.25, -0.2) is 15.0 Å². The molecule has 23 heavy (non-hydrogen) atoms. The number of aromatic amines is 2. The molecule has 1 atom stereocenters. The molecule has 2 N–H and O–H groups in total. The summed E-state index contributed by atoms with van der Waals surface area (Å²) in [6.45, 7) is 0.993. The summed E-state index contributed by atoms with van der Waals surface area (Å²) < 4.78 is 0. The van der Waals surface area contributed by atoms with Gasteiger partial charge in [-0.15, -0.1) is 0 Å². The van der Waals surface area contributed by atoms with Crippen LogP contribution in [0.15, 0.2) is 12.5 Å². The standard InChI is InChI=1S/C16H19N7/c1-2-5-12-11(4-1)20-15(21-12)13-6-3-7-23(13)16-10-8-19-22-14(10)17-9-18-16/h8-9,13H,1-7H2,(H,20,21)(H,17,18,19,22)/t13-/m1/s1. The van der Waals surface area contributed by atoms with E-state index in [4.69, 9.17) is 4.98 Å². The van der Waals surface area contributed by atoms with Gasteiger partial charge in [-0.1, -0.05) is 0 Å². The highest BCUT2D eigenvalue weighted by atomic mass is 15.3. The van der Waals surface area contributed by atoms with Crippen LogP contribution in [-0.4, -0.2) is 36.7 Å². The minimum Gasteiger partial charge on any atom is -0.346 e. The number of H-pyrrole nitrogens is 2. The molecule has 7 nitrogen and oxygen atoms in total. The van der Waals surface area contributed by atoms with Crippen LogP contribution in [0.5, 0.6) is 0 Å². The Bertz CT molecular complexity index is 826. The van der Waals surface area contributed by atoms with E-state index < -0.39 is 0 Å². The van der Waals surface area contributed by atoms with E-state index in [0.717, 1.165) is 54.9 Å². The lowest BCUT2D eigenvalue weighted by molar-refractivity contribution is 0.667. The quantitative estimate of drug-likeness (QED) is 0.758. The maximum Gasteiger partial charge on any atom is 0.160 e. The van der Waals surface area contributed by atoms with Gasteiger partial charge in [0.1, 0.15) is 18.0 Å². The average molecular weight is 309 g/mol. The van der Waals surface area contributed by atoms with Gasteiger partial charge < -0.3 is 9.88 Å². The van der Waals surface area contributed by atoms with Crippen LogP contribution < -0.4 is 4.90 Å². The molecule has 0 bridgehead atoms. The van der Waals surface area contributed by atoms with Gasteiger partial charge in [-0.3, -0.25) is 5.10 Å². The molecule has 0 unspecified atom stereocenters. The molecule has 4 heterocycles. The Morgan fingerprint density at radius 2 is 2.09 bits per heavy atom. The molecule has 1 aliphatic carbocycles. The summed E-state index contributed by atoms with van der Waals surface area (Å²) in [4.78, 5) is 19.6. The van der Waals surface area contributed by atoms with Gasteiger partial charge in [0.2, 0.25) is 0 Å². The van der Waals surface area contributed by atoms with Crippen LogP contribution in [0.2, 0.25) is 0 Å². The Balaban J connectivity index is 1.55. The van der Waals surface area contributed by atoms with E-state index in [1.807, 2.05) is 6.20 Å². The normalized spacial score (nSPS) is 21.0. The minimum atomic E-state index is 0.272. The van der Waals surface area contributed by atoms with E-state index in [9.17, 15) is 0 Å². The second kappa shape index (κ2) is 5.04. The van der Waals surface area contributed by atoms with Crippen LogP contribution in [0.1, 0.15) is 48.9 Å². The molecule has 0 saturated carbocycles. The topological polar surface area (TPSA) is 86.4 Å². The number of imidazole rings is 1. The summed E-state index contributed by atoms with van der Waals surface area (Å²) >= 11 is 0. The molecule has 1 saturated heterocycles. The third kappa shape index (κ3) is 2.03. The zero-order valence-corrected chi connectivity index (χ0v) is 12.9. The van der Waals surface area contributed by atoms with Gasteiger partial charge in [-0.2, -0.15) is 5.10 Å². The summed E-state index contributed by atoms with van der Waals surface area (Å²) in [7, 11) is 0. The Kier molecular flexibility index (Phi) is 2.86. The van der Waals surface area contributed by atoms with Gasteiger partial charge in [0, 0.05) is 12.2 Å². The molecular formula is C16H19N7. The molecule has 118 valence electrons. The van der Waals surface area contributed by atoms with E-state index in [2.05, 4.69) is 30.0 Å². The monoisotopic (exact) mass is 309 g/mol. The number of aromatic nitrogens is 6. The molecular weight excluding hydrogens is 290 g/mol. The minimum absolute atomic E-state index is 0.272. The summed E-state index contributed by atoms with van der Waals surface area (Å²) in [5.74, 6) is 2.06. The van der Waals surface area contributed by atoms with Crippen molar-refractivity contribution in [3.63, 3.8) is 0 Å². The van der Waals surface area contributed by atoms with Crippen LogP contribution in [0.25, 0.3) is 11.0 Å². The maximum atomic E-state index is 4.91. The lowest BCUT2D eigenvalue weighted by Gasteiger charge is -2.24. The van der Waals surface area contributed by atoms with Gasteiger partial charge in [0.15, 0.2) is 5.65 Å². The van der Waals surface area contributed by atoms with Crippen molar-refractivity contribution in [3.8, 4) is 0 Å². The van der Waals surface area contributed by atoms with Crippen molar-refractivity contribution >= 4 is 16.9 Å². The number of nitrogens with one attached hydrogen (secondary N) is 2. The largest absolute Gasteiger partial charge is 0.346 e. The van der Waals surface area contributed by atoms with Gasteiger partial charge in [0.25, 0.3) is 0 Å². The predicted molar refractivity (Wildman–Crippen MR) is 86.2 cm³/mol. The SMILES string of the molecule is c1nc(N2CCC[C@@H]2c2nc3c([nH]2)CCCC3)c2cn[nH]c2n1. The van der Waals surface area contributed by atoms with E-state index >= 15 is 0 Å². The number of hydrogen-bond donors (Lipinski definition) is 2. The number of fused-ring (bicyclic) bond motifs is 2. The lowest BCUT2D eigenvalue weighted by Crippen LogP contribution is -2.24. The predicted octanol–water partition coefficient (Wildman–Crippen LogP) is 2.30. The molecule has 5 rings (SSSR count). The highest BCUT2D eigenvalue weighted by Gasteiger charge is 2.32. The third-order valence-electron chi connectivity index (χ3n) is 5.04. The van der Waals surface area contributed by atoms with Crippen molar-refractivity contribution in [1.82, 2.24) is 30.1 Å². The van der Waals surface area contributed by atoms with Crippen molar-refractivity contribution in [2.75, 3.05) is 11.4 Å². The van der Waals surface area contributed by atoms with Crippen molar-refractivity contribution in [2.24, 2.45) is 0 Å². The zero-order chi connectivity index (χ0) is 15.2. The van der Waals surface area contributed by atoms with Crippen LogP contribution in [0, 0.1) is 0 Å². The highest BCUT2D eigenvalue weighted by Crippen LogP contribution is 2.37.